The van der Waals surface area contributed by atoms with Crippen molar-refractivity contribution in [3.63, 3.8) is 0 Å². The number of likely N-dealkylation sites (tertiary alicyclic amines) is 1. The van der Waals surface area contributed by atoms with Gasteiger partial charge in [-0.3, -0.25) is 4.90 Å². The summed E-state index contributed by atoms with van der Waals surface area (Å²) in [4.78, 5) is 14.7. The maximum atomic E-state index is 12.2. The van der Waals surface area contributed by atoms with Crippen molar-refractivity contribution in [3.05, 3.63) is 81.5 Å². The van der Waals surface area contributed by atoms with Crippen molar-refractivity contribution in [2.24, 2.45) is 0 Å². The molecule has 7 nitrogen and oxygen atoms in total. The summed E-state index contributed by atoms with van der Waals surface area (Å²) in [5.74, 6) is 1.67. The molecule has 2 aromatic heterocycles. The van der Waals surface area contributed by atoms with Crippen LogP contribution in [0.2, 0.25) is 0 Å². The lowest BCUT2D eigenvalue weighted by Gasteiger charge is -2.26. The molecule has 5 rings (SSSR count). The molecule has 0 amide bonds. The van der Waals surface area contributed by atoms with Crippen molar-refractivity contribution in [2.45, 2.75) is 56.6 Å². The standard InChI is InChI=1S/C27H30N4O3S/c1-2-20-13-22-21(14-26(33)34-24(22)15-23(20)32)18-35-27-29-28-25(17-30-11-7-4-8-12-30)31(27)16-19-9-5-3-6-10-19/h3,5-6,9-10,13-15,32H,2,4,7-8,11-12,16-18H2,1H3. The Morgan fingerprint density at radius 2 is 1.80 bits per heavy atom. The molecule has 0 atom stereocenters. The maximum Gasteiger partial charge on any atom is 0.336 e. The number of aromatic hydroxyl groups is 1. The predicted molar refractivity (Wildman–Crippen MR) is 138 cm³/mol. The average Bonchev–Trinajstić information content (AvgIpc) is 3.24. The largest absolute Gasteiger partial charge is 0.508 e. The molecule has 4 aromatic rings. The fourth-order valence-electron chi connectivity index (χ4n) is 4.64. The summed E-state index contributed by atoms with van der Waals surface area (Å²) in [5, 5.41) is 21.0. The van der Waals surface area contributed by atoms with E-state index in [2.05, 4.69) is 31.8 Å². The van der Waals surface area contributed by atoms with E-state index in [1.165, 1.54) is 24.8 Å². The Morgan fingerprint density at radius 3 is 2.57 bits per heavy atom. The van der Waals surface area contributed by atoms with Crippen LogP contribution in [0.15, 0.2) is 62.9 Å². The average molecular weight is 491 g/mol. The van der Waals surface area contributed by atoms with E-state index in [0.717, 1.165) is 47.1 Å². The first-order chi connectivity index (χ1) is 17.1. The van der Waals surface area contributed by atoms with Crippen LogP contribution in [0, 0.1) is 0 Å². The summed E-state index contributed by atoms with van der Waals surface area (Å²) in [6.45, 7) is 5.67. The number of hydrogen-bond donors (Lipinski definition) is 1. The number of benzene rings is 2. The summed E-state index contributed by atoms with van der Waals surface area (Å²) in [7, 11) is 0. The maximum absolute atomic E-state index is 12.2. The van der Waals surface area contributed by atoms with Crippen molar-refractivity contribution in [1.82, 2.24) is 19.7 Å². The number of aryl methyl sites for hydroxylation is 1. The first-order valence-corrected chi connectivity index (χ1v) is 13.2. The number of thioether (sulfide) groups is 1. The van der Waals surface area contributed by atoms with Crippen molar-refractivity contribution >= 4 is 22.7 Å². The molecule has 1 fully saturated rings. The molecule has 182 valence electrons. The minimum absolute atomic E-state index is 0.151. The lowest BCUT2D eigenvalue weighted by Crippen LogP contribution is -2.30. The monoisotopic (exact) mass is 490 g/mol. The quantitative estimate of drug-likeness (QED) is 0.275. The van der Waals surface area contributed by atoms with Crippen molar-refractivity contribution in [3.8, 4) is 5.75 Å². The second-order valence-electron chi connectivity index (χ2n) is 9.02. The number of phenolic OH excluding ortho intramolecular Hbond substituents is 1. The smallest absolute Gasteiger partial charge is 0.336 e. The molecular formula is C27H30N4O3S. The van der Waals surface area contributed by atoms with Gasteiger partial charge in [-0.15, -0.1) is 10.2 Å². The van der Waals surface area contributed by atoms with E-state index in [4.69, 9.17) is 4.42 Å². The van der Waals surface area contributed by atoms with Gasteiger partial charge in [0.25, 0.3) is 0 Å². The molecule has 0 bridgehead atoms. The van der Waals surface area contributed by atoms with Crippen LogP contribution in [0.3, 0.4) is 0 Å². The van der Waals surface area contributed by atoms with Crippen LogP contribution in [-0.4, -0.2) is 37.9 Å². The zero-order valence-electron chi connectivity index (χ0n) is 19.9. The molecule has 1 saturated heterocycles. The molecule has 0 saturated carbocycles. The summed E-state index contributed by atoms with van der Waals surface area (Å²) >= 11 is 1.57. The van der Waals surface area contributed by atoms with E-state index in [1.54, 1.807) is 23.9 Å². The molecule has 2 aromatic carbocycles. The van der Waals surface area contributed by atoms with Crippen LogP contribution in [0.25, 0.3) is 11.0 Å². The van der Waals surface area contributed by atoms with Gasteiger partial charge in [0.1, 0.15) is 17.2 Å². The number of nitrogens with zero attached hydrogens (tertiary/aromatic N) is 4. The Balaban J connectivity index is 1.45. The summed E-state index contributed by atoms with van der Waals surface area (Å²) in [6.07, 6.45) is 4.45. The second-order valence-corrected chi connectivity index (χ2v) is 9.96. The minimum Gasteiger partial charge on any atom is -0.508 e. The molecule has 35 heavy (non-hydrogen) atoms. The SMILES string of the molecule is CCc1cc2c(CSc3nnc(CN4CCCCC4)n3Cc3ccccc3)cc(=O)oc2cc1O. The fourth-order valence-corrected chi connectivity index (χ4v) is 5.58. The first-order valence-electron chi connectivity index (χ1n) is 12.2. The van der Waals surface area contributed by atoms with E-state index in [1.807, 2.05) is 31.2 Å². The molecule has 1 N–H and O–H groups in total. The molecular weight excluding hydrogens is 460 g/mol. The van der Waals surface area contributed by atoms with Crippen LogP contribution in [0.4, 0.5) is 0 Å². The summed E-state index contributed by atoms with van der Waals surface area (Å²) in [5.41, 5.74) is 2.87. The third kappa shape index (κ3) is 5.44. The molecule has 0 radical (unpaired) electrons. The van der Waals surface area contributed by atoms with E-state index in [0.29, 0.717) is 24.3 Å². The highest BCUT2D eigenvalue weighted by Gasteiger charge is 2.19. The molecule has 0 aliphatic carbocycles. The molecule has 1 aliphatic heterocycles. The lowest BCUT2D eigenvalue weighted by molar-refractivity contribution is 0.213. The molecule has 1 aliphatic rings. The zero-order valence-corrected chi connectivity index (χ0v) is 20.8. The molecule has 0 spiro atoms. The second kappa shape index (κ2) is 10.7. The Bertz CT molecular complexity index is 1360. The minimum atomic E-state index is -0.423. The van der Waals surface area contributed by atoms with Gasteiger partial charge in [0.15, 0.2) is 5.16 Å². The van der Waals surface area contributed by atoms with Crippen LogP contribution < -0.4 is 5.63 Å². The number of fused-ring (bicyclic) bond motifs is 1. The topological polar surface area (TPSA) is 84.4 Å². The van der Waals surface area contributed by atoms with Crippen molar-refractivity contribution in [2.75, 3.05) is 13.1 Å². The van der Waals surface area contributed by atoms with E-state index >= 15 is 0 Å². The summed E-state index contributed by atoms with van der Waals surface area (Å²) in [6, 6.07) is 15.4. The molecule has 8 heteroatoms. The van der Waals surface area contributed by atoms with Gasteiger partial charge in [0, 0.05) is 23.3 Å². The Kier molecular flexibility index (Phi) is 7.20. The molecule has 3 heterocycles. The van der Waals surface area contributed by atoms with Crippen LogP contribution in [0.1, 0.15) is 48.7 Å². The van der Waals surface area contributed by atoms with E-state index < -0.39 is 5.63 Å². The highest BCUT2D eigenvalue weighted by Crippen LogP contribution is 2.31. The predicted octanol–water partition coefficient (Wildman–Crippen LogP) is 4.98. The van der Waals surface area contributed by atoms with Gasteiger partial charge >= 0.3 is 5.63 Å². The van der Waals surface area contributed by atoms with Gasteiger partial charge in [0.05, 0.1) is 13.1 Å². The number of aromatic nitrogens is 3. The number of rotatable bonds is 8. The first kappa shape index (κ1) is 23.6. The van der Waals surface area contributed by atoms with Crippen molar-refractivity contribution in [1.29, 1.82) is 0 Å². The lowest BCUT2D eigenvalue weighted by atomic mass is 10.1. The normalized spacial score (nSPS) is 14.5. The highest BCUT2D eigenvalue weighted by atomic mass is 32.2. The van der Waals surface area contributed by atoms with E-state index in [-0.39, 0.29) is 5.75 Å². The third-order valence-electron chi connectivity index (χ3n) is 6.56. The molecule has 0 unspecified atom stereocenters. The van der Waals surface area contributed by atoms with Gasteiger partial charge < -0.3 is 14.1 Å². The van der Waals surface area contributed by atoms with Crippen LogP contribution in [-0.2, 0) is 25.3 Å². The van der Waals surface area contributed by atoms with Crippen molar-refractivity contribution < 1.29 is 9.52 Å². The third-order valence-corrected chi connectivity index (χ3v) is 7.57. The van der Waals surface area contributed by atoms with Crippen LogP contribution in [0.5, 0.6) is 5.75 Å². The van der Waals surface area contributed by atoms with Gasteiger partial charge in [-0.2, -0.15) is 0 Å². The zero-order chi connectivity index (χ0) is 24.2. The van der Waals surface area contributed by atoms with Gasteiger partial charge in [-0.25, -0.2) is 4.79 Å². The number of phenols is 1. The Labute approximate surface area is 208 Å². The highest BCUT2D eigenvalue weighted by molar-refractivity contribution is 7.98. The van der Waals surface area contributed by atoms with Crippen LogP contribution >= 0.6 is 11.8 Å². The summed E-state index contributed by atoms with van der Waals surface area (Å²) < 4.78 is 7.56. The Hall–Kier alpha value is -3.10. The number of hydrogen-bond acceptors (Lipinski definition) is 7. The van der Waals surface area contributed by atoms with Gasteiger partial charge in [-0.05, 0) is 55.1 Å². The fraction of sp³-hybridized carbons (Fsp3) is 0.370. The van der Waals surface area contributed by atoms with E-state index in [9.17, 15) is 9.90 Å². The number of piperidine rings is 1. The van der Waals surface area contributed by atoms with Gasteiger partial charge in [-0.1, -0.05) is 55.4 Å². The Morgan fingerprint density at radius 1 is 1.00 bits per heavy atom. The van der Waals surface area contributed by atoms with Gasteiger partial charge in [0.2, 0.25) is 0 Å².